The highest BCUT2D eigenvalue weighted by molar-refractivity contribution is 6.08. The Morgan fingerprint density at radius 3 is 1.72 bits per heavy atom. The second-order valence-corrected chi connectivity index (χ2v) is 26.2. The molecule has 5 heterocycles. The fourth-order valence-electron chi connectivity index (χ4n) is 15.6. The van der Waals surface area contributed by atoms with Crippen molar-refractivity contribution in [2.75, 3.05) is 19.8 Å². The first-order valence-corrected chi connectivity index (χ1v) is 30.0. The van der Waals surface area contributed by atoms with Crippen LogP contribution < -0.4 is 0 Å². The summed E-state index contributed by atoms with van der Waals surface area (Å²) in [5, 5.41) is 175. The highest BCUT2D eigenvalue weighted by Gasteiger charge is 2.69. The molecule has 9 rings (SSSR count). The van der Waals surface area contributed by atoms with E-state index in [0.29, 0.717) is 36.8 Å². The molecule has 28 heteroatoms. The molecule has 85 heavy (non-hydrogen) atoms. The number of Topliss-reactive ketones (excluding diaryl/α,β-unsaturated/α-hetero) is 2. The first kappa shape index (κ1) is 67.4. The minimum atomic E-state index is -1.95. The molecule has 0 spiro atoms. The normalized spacial score (nSPS) is 53.1. The van der Waals surface area contributed by atoms with Crippen molar-refractivity contribution < 1.29 is 139 Å². The van der Waals surface area contributed by atoms with Gasteiger partial charge in [0.05, 0.1) is 55.9 Å². The van der Waals surface area contributed by atoms with Crippen LogP contribution >= 0.6 is 0 Å². The van der Waals surface area contributed by atoms with Gasteiger partial charge in [0.15, 0.2) is 43.0 Å². The third-order valence-electron chi connectivity index (χ3n) is 20.9. The maximum Gasteiger partial charge on any atom is 0.187 e. The summed E-state index contributed by atoms with van der Waals surface area (Å²) in [6, 6.07) is 0. The lowest BCUT2D eigenvalue weighted by Gasteiger charge is -2.65. The molecule has 34 atom stereocenters. The fourth-order valence-corrected chi connectivity index (χ4v) is 15.6. The maximum atomic E-state index is 14.2. The predicted octanol–water partition coefficient (Wildman–Crippen LogP) is -4.85. The zero-order valence-corrected chi connectivity index (χ0v) is 48.9. The van der Waals surface area contributed by atoms with E-state index in [1.807, 2.05) is 20.8 Å². The Labute approximate surface area is 492 Å². The van der Waals surface area contributed by atoms with Gasteiger partial charge in [-0.25, -0.2) is 0 Å². The Hall–Kier alpha value is -1.96. The van der Waals surface area contributed by atoms with Crippen molar-refractivity contribution in [2.24, 2.45) is 34.5 Å². The number of ether oxygens (including phenoxy) is 10. The number of carbonyl (C=O) groups excluding carboxylic acids is 2. The minimum Gasteiger partial charge on any atom is -0.394 e. The monoisotopic (exact) mass is 1220 g/mol. The number of aliphatic hydroxyl groups is 16. The Morgan fingerprint density at radius 1 is 0.588 bits per heavy atom. The zero-order chi connectivity index (χ0) is 62.3. The smallest absolute Gasteiger partial charge is 0.187 e. The maximum absolute atomic E-state index is 14.2. The molecular weight excluding hydrogens is 1130 g/mol. The van der Waals surface area contributed by atoms with E-state index < -0.39 is 195 Å². The predicted molar refractivity (Wildman–Crippen MR) is 283 cm³/mol. The van der Waals surface area contributed by atoms with Crippen LogP contribution in [0.4, 0.5) is 0 Å². The van der Waals surface area contributed by atoms with Crippen LogP contribution in [0.15, 0.2) is 11.1 Å². The summed E-state index contributed by atoms with van der Waals surface area (Å²) in [4.78, 5) is 28.1. The lowest BCUT2D eigenvalue weighted by Crippen LogP contribution is -2.69. The highest BCUT2D eigenvalue weighted by atomic mass is 16.8. The highest BCUT2D eigenvalue weighted by Crippen LogP contribution is 2.68. The fraction of sp³-hybridized carbons (Fsp3) is 0.930. The van der Waals surface area contributed by atoms with E-state index in [1.165, 1.54) is 20.8 Å². The molecule has 0 aromatic carbocycles. The molecule has 5 saturated heterocycles. The molecule has 0 aromatic heterocycles. The third kappa shape index (κ3) is 12.4. The molecule has 0 aromatic rings. The molecule has 5 aliphatic heterocycles. The standard InChI is InChI=1S/C57H92O28/c1-20(19-76-50-42(70)40(68)37(65)31(17-58)81-50)8-9-29(60)21(2)34-30(61)15-28-26-14-33(62)57(75)16-25(10-13-56(57,7)27(26)11-12-55(28,34)6)80-54-49(85-52-44(72)39(67)36(64)23(4)78-52)46(74)48(32(18-59)82-54)84-53-45(73)41(69)47(24(5)79-53)83-51-43(71)38(66)35(63)22(3)77-51/h20,22-28,31-33,35-54,58-59,62-75H,8-19H2,1-7H3/b34-21+/t20-,22+,23+,24+,25+,26-,27+,28+,31-,32-,33-,35+,36+,37-,38-,39-,40+,41+,42-,43-,44-,45-,46+,47+,48-,49-,50-,51+,52+,53+,54-,55+,56-,57+/m1/s1. The molecule has 9 fully saturated rings. The Balaban J connectivity index is 0.870. The number of allylic oxidation sites excluding steroid dienone is 2. The van der Waals surface area contributed by atoms with Crippen LogP contribution in [0.3, 0.4) is 0 Å². The number of rotatable bonds is 17. The number of carbonyl (C=O) groups is 2. The van der Waals surface area contributed by atoms with Gasteiger partial charge in [-0.2, -0.15) is 0 Å². The van der Waals surface area contributed by atoms with Crippen molar-refractivity contribution in [2.45, 2.75) is 278 Å². The SMILES string of the molecule is C/C(C(=O)CC[C@@H](C)CO[C@@H]1O[C@H](CO)[C@@H](O)[C@H](O)[C@H]1O)=C1/C(=O)C[C@H]2[C@@H]3C[C@@H](O)[C@@]4(O)C[C@@H](O[C@@H]5O[C@H](CO)[C@@H](O[C@@H]6O[C@@H](C)[C@H](O[C@@H]7O[C@@H](C)[C@H](O)[C@@H](O)[C@H]7O)[C@@H](O)[C@H]6O)[C@H](O)[C@H]5O[C@@H]5O[C@@H](C)[C@H](O)[C@@H](O)[C@H]5O)CC[C@]4(C)[C@H]3CC[C@]12C. The van der Waals surface area contributed by atoms with Crippen molar-refractivity contribution in [3.05, 3.63) is 11.1 Å². The van der Waals surface area contributed by atoms with E-state index in [0.717, 1.165) is 0 Å². The molecule has 4 saturated carbocycles. The van der Waals surface area contributed by atoms with Crippen molar-refractivity contribution in [3.63, 3.8) is 0 Å². The lowest BCUT2D eigenvalue weighted by atomic mass is 9.42. The molecule has 28 nitrogen and oxygen atoms in total. The number of hydrogen-bond acceptors (Lipinski definition) is 28. The van der Waals surface area contributed by atoms with E-state index in [4.69, 9.17) is 47.4 Å². The van der Waals surface area contributed by atoms with Crippen molar-refractivity contribution in [1.82, 2.24) is 0 Å². The van der Waals surface area contributed by atoms with Gasteiger partial charge in [-0.05, 0) is 101 Å². The van der Waals surface area contributed by atoms with Gasteiger partial charge in [0.25, 0.3) is 0 Å². The minimum absolute atomic E-state index is 0.0160. The van der Waals surface area contributed by atoms with E-state index >= 15 is 0 Å². The third-order valence-corrected chi connectivity index (χ3v) is 20.9. The molecule has 9 aliphatic rings. The average molecular weight is 1230 g/mol. The molecule has 4 aliphatic carbocycles. The molecule has 488 valence electrons. The Bertz CT molecular complexity index is 2330. The second kappa shape index (κ2) is 26.3. The van der Waals surface area contributed by atoms with Crippen LogP contribution in [-0.2, 0) is 57.0 Å². The van der Waals surface area contributed by atoms with Crippen molar-refractivity contribution in [3.8, 4) is 0 Å². The van der Waals surface area contributed by atoms with E-state index in [-0.39, 0.29) is 73.9 Å². The largest absolute Gasteiger partial charge is 0.394 e. The van der Waals surface area contributed by atoms with Gasteiger partial charge in [0.1, 0.15) is 104 Å². The van der Waals surface area contributed by atoms with Gasteiger partial charge in [0, 0.05) is 30.3 Å². The summed E-state index contributed by atoms with van der Waals surface area (Å²) in [6.07, 6.45) is -39.6. The first-order chi connectivity index (χ1) is 39.9. The summed E-state index contributed by atoms with van der Waals surface area (Å²) in [7, 11) is 0. The van der Waals surface area contributed by atoms with Gasteiger partial charge in [-0.1, -0.05) is 20.8 Å². The van der Waals surface area contributed by atoms with E-state index in [1.54, 1.807) is 6.92 Å². The van der Waals surface area contributed by atoms with Crippen LogP contribution in [-0.4, -0.2) is 284 Å². The van der Waals surface area contributed by atoms with Gasteiger partial charge in [-0.15, -0.1) is 0 Å². The number of aliphatic hydroxyl groups excluding tert-OH is 15. The van der Waals surface area contributed by atoms with Crippen LogP contribution in [0.25, 0.3) is 0 Å². The van der Waals surface area contributed by atoms with Crippen molar-refractivity contribution >= 4 is 11.6 Å². The molecule has 16 N–H and O–H groups in total. The number of ketones is 2. The summed E-state index contributed by atoms with van der Waals surface area (Å²) < 4.78 is 59.3. The van der Waals surface area contributed by atoms with E-state index in [2.05, 4.69) is 0 Å². The summed E-state index contributed by atoms with van der Waals surface area (Å²) >= 11 is 0. The van der Waals surface area contributed by atoms with Crippen LogP contribution in [0.2, 0.25) is 0 Å². The first-order valence-electron chi connectivity index (χ1n) is 30.0. The second-order valence-electron chi connectivity index (χ2n) is 26.2. The van der Waals surface area contributed by atoms with Crippen LogP contribution in [0.5, 0.6) is 0 Å². The number of hydrogen-bond donors (Lipinski definition) is 16. The van der Waals surface area contributed by atoms with E-state index in [9.17, 15) is 91.3 Å². The quantitative estimate of drug-likeness (QED) is 0.0480. The van der Waals surface area contributed by atoms with Gasteiger partial charge < -0.3 is 129 Å². The summed E-state index contributed by atoms with van der Waals surface area (Å²) in [6.45, 7) is 10.2. The van der Waals surface area contributed by atoms with Crippen LogP contribution in [0.1, 0.15) is 106 Å². The molecule has 0 unspecified atom stereocenters. The van der Waals surface area contributed by atoms with Crippen molar-refractivity contribution in [1.29, 1.82) is 0 Å². The van der Waals surface area contributed by atoms with Gasteiger partial charge in [0.2, 0.25) is 0 Å². The van der Waals surface area contributed by atoms with Crippen LogP contribution in [0, 0.1) is 34.5 Å². The number of fused-ring (bicyclic) bond motifs is 5. The topological polar surface area (TPSA) is 450 Å². The zero-order valence-electron chi connectivity index (χ0n) is 48.9. The average Bonchev–Trinajstić information content (AvgIpc) is 2.05. The Morgan fingerprint density at radius 2 is 1.12 bits per heavy atom. The lowest BCUT2D eigenvalue weighted by molar-refractivity contribution is -0.396. The molecular formula is C57H92O28. The van der Waals surface area contributed by atoms with Gasteiger partial charge >= 0.3 is 0 Å². The summed E-state index contributed by atoms with van der Waals surface area (Å²) in [5.41, 5.74) is -2.62. The molecule has 0 amide bonds. The van der Waals surface area contributed by atoms with Gasteiger partial charge in [-0.3, -0.25) is 9.59 Å². The molecule has 0 bridgehead atoms. The Kier molecular flexibility index (Phi) is 20.9. The summed E-state index contributed by atoms with van der Waals surface area (Å²) in [5.74, 6) is -1.32. The molecule has 0 radical (unpaired) electrons.